The molecule has 0 aliphatic carbocycles. The van der Waals surface area contributed by atoms with Crippen LogP contribution < -0.4 is 5.32 Å². The Hall–Kier alpha value is -0.720. The number of amides is 1. The fourth-order valence-electron chi connectivity index (χ4n) is 1.38. The molecule has 1 aromatic heterocycles. The predicted molar refractivity (Wildman–Crippen MR) is 73.9 cm³/mol. The molecule has 5 heteroatoms. The second kappa shape index (κ2) is 8.38. The van der Waals surface area contributed by atoms with E-state index >= 15 is 0 Å². The Morgan fingerprint density at radius 1 is 1.29 bits per heavy atom. The molecule has 0 bridgehead atoms. The molecule has 1 heterocycles. The summed E-state index contributed by atoms with van der Waals surface area (Å²) in [5.41, 5.74) is 0.263. The first-order valence-electron chi connectivity index (χ1n) is 5.70. The van der Waals surface area contributed by atoms with Crippen LogP contribution in [0.1, 0.15) is 36.2 Å². The van der Waals surface area contributed by atoms with Gasteiger partial charge in [-0.25, -0.2) is 9.37 Å². The number of carbonyl (C=O) groups excluding carboxylic acids is 1. The van der Waals surface area contributed by atoms with E-state index in [2.05, 4.69) is 32.9 Å². The number of halogens is 2. The summed E-state index contributed by atoms with van der Waals surface area (Å²) in [5.74, 6) is -0.667. The summed E-state index contributed by atoms with van der Waals surface area (Å²) >= 11 is 2.36. The van der Waals surface area contributed by atoms with Crippen LogP contribution in [0.15, 0.2) is 18.3 Å². The van der Waals surface area contributed by atoms with Gasteiger partial charge in [-0.2, -0.15) is 0 Å². The van der Waals surface area contributed by atoms with Gasteiger partial charge in [0, 0.05) is 6.54 Å². The van der Waals surface area contributed by atoms with E-state index in [1.54, 1.807) is 0 Å². The Balaban J connectivity index is 2.19. The molecule has 0 aromatic carbocycles. The minimum atomic E-state index is -0.430. The van der Waals surface area contributed by atoms with E-state index in [1.807, 2.05) is 0 Å². The SMILES string of the molecule is O=C(NCCCCCCI)c1ccc(F)cn1. The molecule has 0 fully saturated rings. The molecular weight excluding hydrogens is 334 g/mol. The predicted octanol–water partition coefficient (Wildman–Crippen LogP) is 2.95. The van der Waals surface area contributed by atoms with Gasteiger partial charge >= 0.3 is 0 Å². The zero-order valence-corrected chi connectivity index (χ0v) is 11.7. The average Bonchev–Trinajstić information content (AvgIpc) is 2.34. The van der Waals surface area contributed by atoms with E-state index in [-0.39, 0.29) is 11.6 Å². The minimum absolute atomic E-state index is 0.237. The molecule has 1 aromatic rings. The van der Waals surface area contributed by atoms with Crippen LogP contribution in [0.5, 0.6) is 0 Å². The van der Waals surface area contributed by atoms with Crippen LogP contribution in [0.2, 0.25) is 0 Å². The number of pyridine rings is 1. The van der Waals surface area contributed by atoms with Gasteiger partial charge in [-0.15, -0.1) is 0 Å². The second-order valence-electron chi connectivity index (χ2n) is 3.72. The number of hydrogen-bond acceptors (Lipinski definition) is 2. The van der Waals surface area contributed by atoms with Crippen molar-refractivity contribution in [1.82, 2.24) is 10.3 Å². The minimum Gasteiger partial charge on any atom is -0.351 e. The van der Waals surface area contributed by atoms with Gasteiger partial charge in [-0.3, -0.25) is 4.79 Å². The molecule has 1 N–H and O–H groups in total. The Kier molecular flexibility index (Phi) is 7.07. The monoisotopic (exact) mass is 350 g/mol. The lowest BCUT2D eigenvalue weighted by Gasteiger charge is -2.04. The molecule has 1 amide bonds. The van der Waals surface area contributed by atoms with Gasteiger partial charge in [0.2, 0.25) is 0 Å². The molecule has 3 nitrogen and oxygen atoms in total. The van der Waals surface area contributed by atoms with Crippen molar-refractivity contribution in [3.63, 3.8) is 0 Å². The number of nitrogens with zero attached hydrogens (tertiary/aromatic N) is 1. The van der Waals surface area contributed by atoms with Gasteiger partial charge < -0.3 is 5.32 Å². The van der Waals surface area contributed by atoms with Gasteiger partial charge in [0.05, 0.1) is 6.20 Å². The van der Waals surface area contributed by atoms with Gasteiger partial charge in [-0.1, -0.05) is 35.4 Å². The van der Waals surface area contributed by atoms with Gasteiger partial charge in [0.15, 0.2) is 0 Å². The van der Waals surface area contributed by atoms with E-state index in [0.29, 0.717) is 6.54 Å². The van der Waals surface area contributed by atoms with Crippen LogP contribution in [0.25, 0.3) is 0 Å². The number of hydrogen-bond donors (Lipinski definition) is 1. The third-order valence-corrected chi connectivity index (χ3v) is 3.07. The first-order chi connectivity index (χ1) is 8.24. The van der Waals surface area contributed by atoms with Crippen molar-refractivity contribution in [2.45, 2.75) is 25.7 Å². The summed E-state index contributed by atoms with van der Waals surface area (Å²) in [6.07, 6.45) is 5.58. The largest absolute Gasteiger partial charge is 0.351 e. The second-order valence-corrected chi connectivity index (χ2v) is 4.80. The summed E-state index contributed by atoms with van der Waals surface area (Å²) in [6.45, 7) is 0.652. The van der Waals surface area contributed by atoms with Crippen LogP contribution in [0, 0.1) is 5.82 Å². The van der Waals surface area contributed by atoms with Crippen LogP contribution in [0.3, 0.4) is 0 Å². The smallest absolute Gasteiger partial charge is 0.269 e. The Labute approximate surface area is 114 Å². The molecular formula is C12H16FIN2O. The molecule has 0 saturated carbocycles. The molecule has 0 unspecified atom stereocenters. The summed E-state index contributed by atoms with van der Waals surface area (Å²) in [6, 6.07) is 2.63. The van der Waals surface area contributed by atoms with Crippen LogP contribution in [-0.2, 0) is 0 Å². The van der Waals surface area contributed by atoms with Crippen molar-refractivity contribution in [2.24, 2.45) is 0 Å². The Morgan fingerprint density at radius 3 is 2.71 bits per heavy atom. The highest BCUT2D eigenvalue weighted by molar-refractivity contribution is 14.1. The number of unbranched alkanes of at least 4 members (excludes halogenated alkanes) is 3. The maximum absolute atomic E-state index is 12.6. The third kappa shape index (κ3) is 5.95. The Bertz CT molecular complexity index is 343. The van der Waals surface area contributed by atoms with Crippen molar-refractivity contribution in [3.8, 4) is 0 Å². The number of rotatable bonds is 7. The molecule has 0 aliphatic rings. The summed E-state index contributed by atoms with van der Waals surface area (Å²) in [5, 5.41) is 2.77. The quantitative estimate of drug-likeness (QED) is 0.467. The lowest BCUT2D eigenvalue weighted by molar-refractivity contribution is 0.0948. The van der Waals surface area contributed by atoms with E-state index in [9.17, 15) is 9.18 Å². The van der Waals surface area contributed by atoms with Gasteiger partial charge in [-0.05, 0) is 29.4 Å². The van der Waals surface area contributed by atoms with Gasteiger partial charge in [0.1, 0.15) is 11.5 Å². The lowest BCUT2D eigenvalue weighted by atomic mass is 10.2. The maximum Gasteiger partial charge on any atom is 0.269 e. The molecule has 0 radical (unpaired) electrons. The molecule has 0 aliphatic heterocycles. The van der Waals surface area contributed by atoms with E-state index in [0.717, 1.165) is 19.0 Å². The summed E-state index contributed by atoms with van der Waals surface area (Å²) in [7, 11) is 0. The average molecular weight is 350 g/mol. The first kappa shape index (κ1) is 14.3. The van der Waals surface area contributed by atoms with Gasteiger partial charge in [0.25, 0.3) is 5.91 Å². The van der Waals surface area contributed by atoms with Crippen LogP contribution in [-0.4, -0.2) is 21.9 Å². The molecule has 1 rings (SSSR count). The van der Waals surface area contributed by atoms with Crippen molar-refractivity contribution in [3.05, 3.63) is 29.8 Å². The number of alkyl halides is 1. The highest BCUT2D eigenvalue weighted by Crippen LogP contribution is 2.02. The summed E-state index contributed by atoms with van der Waals surface area (Å²) < 4.78 is 13.8. The molecule has 0 atom stereocenters. The molecule has 94 valence electrons. The highest BCUT2D eigenvalue weighted by Gasteiger charge is 2.05. The number of aromatic nitrogens is 1. The molecule has 0 saturated heterocycles. The topological polar surface area (TPSA) is 42.0 Å². The molecule has 0 spiro atoms. The fraction of sp³-hybridized carbons (Fsp3) is 0.500. The maximum atomic E-state index is 12.6. The van der Waals surface area contributed by atoms with E-state index < -0.39 is 5.82 Å². The van der Waals surface area contributed by atoms with Crippen molar-refractivity contribution >= 4 is 28.5 Å². The molecule has 17 heavy (non-hydrogen) atoms. The van der Waals surface area contributed by atoms with E-state index in [1.165, 1.54) is 29.4 Å². The lowest BCUT2D eigenvalue weighted by Crippen LogP contribution is -2.25. The standard InChI is InChI=1S/C12H16FIN2O/c13-10-5-6-11(16-9-10)12(17)15-8-4-2-1-3-7-14/h5-6,9H,1-4,7-8H2,(H,15,17). The highest BCUT2D eigenvalue weighted by atomic mass is 127. The van der Waals surface area contributed by atoms with Crippen molar-refractivity contribution < 1.29 is 9.18 Å². The number of nitrogens with one attached hydrogen (secondary N) is 1. The third-order valence-electron chi connectivity index (χ3n) is 2.31. The number of carbonyl (C=O) groups is 1. The van der Waals surface area contributed by atoms with Crippen LogP contribution in [0.4, 0.5) is 4.39 Å². The van der Waals surface area contributed by atoms with Crippen LogP contribution >= 0.6 is 22.6 Å². The fourth-order valence-corrected chi connectivity index (χ4v) is 1.92. The van der Waals surface area contributed by atoms with Crippen molar-refractivity contribution in [1.29, 1.82) is 0 Å². The normalized spacial score (nSPS) is 10.2. The first-order valence-corrected chi connectivity index (χ1v) is 7.22. The zero-order chi connectivity index (χ0) is 12.5. The Morgan fingerprint density at radius 2 is 2.06 bits per heavy atom. The van der Waals surface area contributed by atoms with E-state index in [4.69, 9.17) is 0 Å². The zero-order valence-electron chi connectivity index (χ0n) is 9.59. The summed E-state index contributed by atoms with van der Waals surface area (Å²) in [4.78, 5) is 15.3. The van der Waals surface area contributed by atoms with Crippen molar-refractivity contribution in [2.75, 3.05) is 11.0 Å².